The third-order valence-electron chi connectivity index (χ3n) is 2.36. The van der Waals surface area contributed by atoms with Crippen molar-refractivity contribution in [2.45, 2.75) is 11.8 Å². The minimum Gasteiger partial charge on any atom is -0.497 e. The Kier molecular flexibility index (Phi) is 4.66. The number of methoxy groups -OCH3 is 1. The zero-order valence-electron chi connectivity index (χ0n) is 9.72. The van der Waals surface area contributed by atoms with Gasteiger partial charge in [-0.3, -0.25) is 9.59 Å². The molecule has 0 unspecified atom stereocenters. The van der Waals surface area contributed by atoms with Gasteiger partial charge in [0, 0.05) is 11.1 Å². The van der Waals surface area contributed by atoms with Crippen LogP contribution in [0.5, 0.6) is 5.75 Å². The summed E-state index contributed by atoms with van der Waals surface area (Å²) in [5.74, 6) is -8.83. The summed E-state index contributed by atoms with van der Waals surface area (Å²) in [5, 5.41) is -4.12. The highest BCUT2D eigenvalue weighted by Gasteiger charge is 2.44. The molecule has 0 heterocycles. The molecule has 110 valence electrons. The van der Waals surface area contributed by atoms with Crippen LogP contribution in [0.25, 0.3) is 0 Å². The summed E-state index contributed by atoms with van der Waals surface area (Å²) in [4.78, 5) is 21.3. The second kappa shape index (κ2) is 5.57. The Morgan fingerprint density at radius 3 is 1.55 bits per heavy atom. The van der Waals surface area contributed by atoms with Gasteiger partial charge in [-0.25, -0.2) is 0 Å². The van der Waals surface area contributed by atoms with Gasteiger partial charge in [0.05, 0.1) is 7.11 Å². The molecule has 0 aromatic heterocycles. The van der Waals surface area contributed by atoms with Gasteiger partial charge in [-0.05, 0) is 41.4 Å². The van der Waals surface area contributed by atoms with E-state index in [2.05, 4.69) is 4.74 Å². The normalized spacial score (nSPS) is 12.2. The molecule has 3 nitrogen and oxygen atoms in total. The quantitative estimate of drug-likeness (QED) is 0.613. The summed E-state index contributed by atoms with van der Waals surface area (Å²) in [7, 11) is 1.03. The third-order valence-corrected chi connectivity index (χ3v) is 2.84. The Labute approximate surface area is 120 Å². The van der Waals surface area contributed by atoms with Gasteiger partial charge < -0.3 is 4.74 Å². The summed E-state index contributed by atoms with van der Waals surface area (Å²) in [6.07, 6.45) is 0. The molecular weight excluding hydrogens is 327 g/mol. The predicted molar refractivity (Wildman–Crippen MR) is 62.5 cm³/mol. The topological polar surface area (TPSA) is 43.4 Å². The van der Waals surface area contributed by atoms with Crippen molar-refractivity contribution >= 4 is 33.7 Å². The monoisotopic (exact) mass is 332 g/mol. The van der Waals surface area contributed by atoms with E-state index in [0.717, 1.165) is 7.11 Å². The van der Waals surface area contributed by atoms with Crippen molar-refractivity contribution in [3.8, 4) is 5.75 Å². The lowest BCUT2D eigenvalue weighted by atomic mass is 10.0. The highest BCUT2D eigenvalue weighted by Crippen LogP contribution is 2.38. The molecular formula is C11H6Cl2F4O3. The molecule has 1 rings (SSSR count). The highest BCUT2D eigenvalue weighted by molar-refractivity contribution is 6.65. The van der Waals surface area contributed by atoms with Gasteiger partial charge in [-0.15, -0.1) is 0 Å². The summed E-state index contributed by atoms with van der Waals surface area (Å²) in [6.45, 7) is 0. The van der Waals surface area contributed by atoms with Crippen LogP contribution in [0.15, 0.2) is 18.2 Å². The number of carbonyl (C=O) groups is 2. The molecule has 0 saturated heterocycles. The Bertz CT molecular complexity index is 516. The summed E-state index contributed by atoms with van der Waals surface area (Å²) < 4.78 is 58.4. The van der Waals surface area contributed by atoms with Gasteiger partial charge >= 0.3 is 11.8 Å². The highest BCUT2D eigenvalue weighted by atomic mass is 35.5. The molecule has 1 aromatic rings. The van der Waals surface area contributed by atoms with Crippen LogP contribution in [0.4, 0.5) is 17.6 Å². The summed E-state index contributed by atoms with van der Waals surface area (Å²) in [6, 6.07) is 1.57. The van der Waals surface area contributed by atoms with Crippen LogP contribution in [0.2, 0.25) is 0 Å². The van der Waals surface area contributed by atoms with Crippen molar-refractivity contribution in [1.82, 2.24) is 0 Å². The van der Waals surface area contributed by atoms with Gasteiger partial charge in [-0.2, -0.15) is 17.6 Å². The van der Waals surface area contributed by atoms with Gasteiger partial charge in [0.2, 0.25) is 0 Å². The lowest BCUT2D eigenvalue weighted by Crippen LogP contribution is -2.25. The number of halogens is 6. The third kappa shape index (κ3) is 3.04. The first kappa shape index (κ1) is 16.7. The zero-order valence-corrected chi connectivity index (χ0v) is 11.2. The van der Waals surface area contributed by atoms with E-state index in [4.69, 9.17) is 23.2 Å². The lowest BCUT2D eigenvalue weighted by Gasteiger charge is -2.18. The first-order valence-corrected chi connectivity index (χ1v) is 5.64. The summed E-state index contributed by atoms with van der Waals surface area (Å²) in [5.41, 5.74) is -2.27. The predicted octanol–water partition coefficient (Wildman–Crippen LogP) is 3.41. The van der Waals surface area contributed by atoms with Crippen LogP contribution in [0.3, 0.4) is 0 Å². The Morgan fingerprint density at radius 2 is 1.30 bits per heavy atom. The van der Waals surface area contributed by atoms with E-state index >= 15 is 0 Å². The average molecular weight is 333 g/mol. The molecule has 0 saturated carbocycles. The molecule has 0 N–H and O–H groups in total. The van der Waals surface area contributed by atoms with Crippen molar-refractivity contribution in [2.24, 2.45) is 0 Å². The maximum absolute atomic E-state index is 13.5. The molecule has 0 fully saturated rings. The molecule has 0 aliphatic carbocycles. The second-order valence-corrected chi connectivity index (χ2v) is 4.33. The van der Waals surface area contributed by atoms with Crippen LogP contribution in [0.1, 0.15) is 11.1 Å². The maximum Gasteiger partial charge on any atom is 0.345 e. The number of hydrogen-bond acceptors (Lipinski definition) is 3. The maximum atomic E-state index is 13.5. The van der Waals surface area contributed by atoms with E-state index in [9.17, 15) is 27.2 Å². The fourth-order valence-electron chi connectivity index (χ4n) is 1.31. The molecule has 0 amide bonds. The largest absolute Gasteiger partial charge is 0.497 e. The minimum atomic E-state index is -4.21. The van der Waals surface area contributed by atoms with Crippen LogP contribution < -0.4 is 4.74 Å². The van der Waals surface area contributed by atoms with E-state index in [0.29, 0.717) is 12.1 Å². The van der Waals surface area contributed by atoms with E-state index in [1.807, 2.05) is 0 Å². The molecule has 0 radical (unpaired) electrons. The molecule has 0 bridgehead atoms. The second-order valence-electron chi connectivity index (χ2n) is 3.65. The molecule has 0 spiro atoms. The van der Waals surface area contributed by atoms with Crippen molar-refractivity contribution < 1.29 is 31.9 Å². The number of hydrogen-bond donors (Lipinski definition) is 0. The standard InChI is InChI=1S/C11H6Cl2F4O3/c1-20-7-3-5(10(14,15)8(12)18)2-6(4-7)11(16,17)9(13)19/h2-4H,1H3. The number of carbonyl (C=O) groups excluding carboxylic acids is 2. The smallest absolute Gasteiger partial charge is 0.345 e. The Hall–Kier alpha value is -1.34. The van der Waals surface area contributed by atoms with Crippen LogP contribution in [-0.2, 0) is 21.4 Å². The molecule has 20 heavy (non-hydrogen) atoms. The van der Waals surface area contributed by atoms with E-state index in [1.165, 1.54) is 0 Å². The van der Waals surface area contributed by atoms with Crippen molar-refractivity contribution in [3.63, 3.8) is 0 Å². The van der Waals surface area contributed by atoms with Gasteiger partial charge in [0.25, 0.3) is 10.5 Å². The van der Waals surface area contributed by atoms with Crippen LogP contribution in [-0.4, -0.2) is 17.6 Å². The lowest BCUT2D eigenvalue weighted by molar-refractivity contribution is -0.135. The number of rotatable bonds is 5. The van der Waals surface area contributed by atoms with Crippen molar-refractivity contribution in [2.75, 3.05) is 7.11 Å². The Balaban J connectivity index is 3.52. The number of ether oxygens (including phenoxy) is 1. The van der Waals surface area contributed by atoms with Crippen molar-refractivity contribution in [1.29, 1.82) is 0 Å². The van der Waals surface area contributed by atoms with E-state index in [1.54, 1.807) is 0 Å². The average Bonchev–Trinajstić information content (AvgIpc) is 2.37. The van der Waals surface area contributed by atoms with Crippen LogP contribution in [0, 0.1) is 0 Å². The minimum absolute atomic E-state index is 0.267. The SMILES string of the molecule is COc1cc(C(F)(F)C(=O)Cl)cc(C(F)(F)C(=O)Cl)c1. The van der Waals surface area contributed by atoms with E-state index in [-0.39, 0.29) is 6.07 Å². The number of benzene rings is 1. The first-order valence-electron chi connectivity index (χ1n) is 4.89. The van der Waals surface area contributed by atoms with Gasteiger partial charge in [-0.1, -0.05) is 0 Å². The zero-order chi connectivity index (χ0) is 15.7. The molecule has 0 atom stereocenters. The Morgan fingerprint density at radius 1 is 0.950 bits per heavy atom. The summed E-state index contributed by atoms with van der Waals surface area (Å²) >= 11 is 9.44. The van der Waals surface area contributed by atoms with Gasteiger partial charge in [0.15, 0.2) is 0 Å². The molecule has 9 heteroatoms. The fourth-order valence-corrected chi connectivity index (χ4v) is 1.52. The molecule has 1 aromatic carbocycles. The first-order chi connectivity index (χ1) is 9.03. The van der Waals surface area contributed by atoms with Crippen molar-refractivity contribution in [3.05, 3.63) is 29.3 Å². The fraction of sp³-hybridized carbons (Fsp3) is 0.273. The van der Waals surface area contributed by atoms with Gasteiger partial charge in [0.1, 0.15) is 5.75 Å². The number of alkyl halides is 4. The van der Waals surface area contributed by atoms with E-state index < -0.39 is 39.2 Å². The molecule has 0 aliphatic rings. The van der Waals surface area contributed by atoms with Crippen LogP contribution >= 0.6 is 23.2 Å². The molecule has 0 aliphatic heterocycles.